The molecule has 0 spiro atoms. The smallest absolute Gasteiger partial charge is 0.251 e. The van der Waals surface area contributed by atoms with E-state index in [2.05, 4.69) is 10.2 Å². The number of rotatable bonds is 6. The minimum atomic E-state index is -0.102. The molecule has 1 aliphatic heterocycles. The highest BCUT2D eigenvalue weighted by atomic mass is 35.5. The summed E-state index contributed by atoms with van der Waals surface area (Å²) >= 11 is 6.41. The number of carbonyl (C=O) groups excluding carboxylic acids is 1. The van der Waals surface area contributed by atoms with Gasteiger partial charge in [0.2, 0.25) is 0 Å². The van der Waals surface area contributed by atoms with Gasteiger partial charge in [-0.05, 0) is 55.8 Å². The first-order chi connectivity index (χ1) is 12.2. The summed E-state index contributed by atoms with van der Waals surface area (Å²) in [6, 6.07) is 15.1. The lowest BCUT2D eigenvalue weighted by atomic mass is 10.0. The molecular formula is C20H23ClN2O2. The number of halogens is 1. The average molecular weight is 359 g/mol. The molecule has 0 aromatic heterocycles. The van der Waals surface area contributed by atoms with Crippen molar-refractivity contribution in [1.82, 2.24) is 10.2 Å². The van der Waals surface area contributed by atoms with Crippen LogP contribution in [0.25, 0.3) is 0 Å². The molecule has 1 atom stereocenters. The van der Waals surface area contributed by atoms with E-state index in [4.69, 9.17) is 16.3 Å². The van der Waals surface area contributed by atoms with Crippen LogP contribution in [0.3, 0.4) is 0 Å². The SMILES string of the molecule is COc1cccc(C(=O)NC[C@H](c2ccccc2Cl)N2CCCC2)c1. The Morgan fingerprint density at radius 1 is 1.20 bits per heavy atom. The normalized spacial score (nSPS) is 15.8. The Balaban J connectivity index is 1.74. The Labute approximate surface area is 153 Å². The minimum Gasteiger partial charge on any atom is -0.497 e. The molecular weight excluding hydrogens is 336 g/mol. The quantitative estimate of drug-likeness (QED) is 0.851. The van der Waals surface area contributed by atoms with Gasteiger partial charge in [0, 0.05) is 17.1 Å². The van der Waals surface area contributed by atoms with Gasteiger partial charge in [-0.2, -0.15) is 0 Å². The van der Waals surface area contributed by atoms with Crippen LogP contribution in [-0.4, -0.2) is 37.6 Å². The van der Waals surface area contributed by atoms with Gasteiger partial charge in [-0.1, -0.05) is 35.9 Å². The van der Waals surface area contributed by atoms with Gasteiger partial charge in [0.25, 0.3) is 5.91 Å². The molecule has 2 aromatic carbocycles. The molecule has 2 aromatic rings. The maximum Gasteiger partial charge on any atom is 0.251 e. The Kier molecular flexibility index (Phi) is 5.95. The number of likely N-dealkylation sites (tertiary alicyclic amines) is 1. The van der Waals surface area contributed by atoms with Crippen molar-refractivity contribution >= 4 is 17.5 Å². The van der Waals surface area contributed by atoms with Crippen molar-refractivity contribution in [2.45, 2.75) is 18.9 Å². The fraction of sp³-hybridized carbons (Fsp3) is 0.350. The van der Waals surface area contributed by atoms with Gasteiger partial charge in [0.1, 0.15) is 5.75 Å². The first-order valence-corrected chi connectivity index (χ1v) is 8.97. The lowest BCUT2D eigenvalue weighted by Crippen LogP contribution is -2.37. The van der Waals surface area contributed by atoms with Crippen LogP contribution >= 0.6 is 11.6 Å². The number of nitrogens with one attached hydrogen (secondary N) is 1. The predicted molar refractivity (Wildman–Crippen MR) is 100 cm³/mol. The Morgan fingerprint density at radius 3 is 2.68 bits per heavy atom. The van der Waals surface area contributed by atoms with E-state index in [1.165, 1.54) is 12.8 Å². The number of hydrogen-bond acceptors (Lipinski definition) is 3. The lowest BCUT2D eigenvalue weighted by molar-refractivity contribution is 0.0937. The van der Waals surface area contributed by atoms with Crippen molar-refractivity contribution < 1.29 is 9.53 Å². The Hall–Kier alpha value is -2.04. The van der Waals surface area contributed by atoms with Crippen molar-refractivity contribution in [3.05, 3.63) is 64.7 Å². The Morgan fingerprint density at radius 2 is 1.96 bits per heavy atom. The van der Waals surface area contributed by atoms with E-state index in [1.54, 1.807) is 19.2 Å². The summed E-state index contributed by atoms with van der Waals surface area (Å²) in [5.74, 6) is 0.574. The van der Waals surface area contributed by atoms with E-state index in [-0.39, 0.29) is 11.9 Å². The second kappa shape index (κ2) is 8.37. The molecule has 5 heteroatoms. The Bertz CT molecular complexity index is 729. The number of nitrogens with zero attached hydrogens (tertiary/aromatic N) is 1. The third-order valence-corrected chi connectivity index (χ3v) is 4.98. The van der Waals surface area contributed by atoms with Crippen molar-refractivity contribution in [3.63, 3.8) is 0 Å². The maximum absolute atomic E-state index is 12.5. The third kappa shape index (κ3) is 4.33. The molecule has 1 amide bonds. The van der Waals surface area contributed by atoms with Crippen molar-refractivity contribution in [3.8, 4) is 5.75 Å². The largest absolute Gasteiger partial charge is 0.497 e. The van der Waals surface area contributed by atoms with Crippen LogP contribution in [-0.2, 0) is 0 Å². The zero-order valence-corrected chi connectivity index (χ0v) is 15.1. The fourth-order valence-corrected chi connectivity index (χ4v) is 3.55. The molecule has 0 saturated carbocycles. The van der Waals surface area contributed by atoms with Crippen LogP contribution < -0.4 is 10.1 Å². The van der Waals surface area contributed by atoms with E-state index in [1.807, 2.05) is 36.4 Å². The number of methoxy groups -OCH3 is 1. The van der Waals surface area contributed by atoms with E-state index in [9.17, 15) is 4.79 Å². The van der Waals surface area contributed by atoms with Crippen molar-refractivity contribution in [2.75, 3.05) is 26.7 Å². The summed E-state index contributed by atoms with van der Waals surface area (Å²) in [6.07, 6.45) is 2.37. The van der Waals surface area contributed by atoms with Crippen molar-refractivity contribution in [2.24, 2.45) is 0 Å². The highest BCUT2D eigenvalue weighted by Gasteiger charge is 2.25. The number of benzene rings is 2. The van der Waals surface area contributed by atoms with E-state index in [0.717, 1.165) is 23.7 Å². The molecule has 25 heavy (non-hydrogen) atoms. The molecule has 3 rings (SSSR count). The van der Waals surface area contributed by atoms with Crippen LogP contribution in [0, 0.1) is 0 Å². The van der Waals surface area contributed by atoms with Crippen LogP contribution in [0.5, 0.6) is 5.75 Å². The molecule has 132 valence electrons. The first kappa shape index (κ1) is 17.8. The summed E-state index contributed by atoms with van der Waals surface area (Å²) in [7, 11) is 1.60. The first-order valence-electron chi connectivity index (χ1n) is 8.60. The van der Waals surface area contributed by atoms with Crippen LogP contribution in [0.1, 0.15) is 34.8 Å². The van der Waals surface area contributed by atoms with Gasteiger partial charge in [-0.25, -0.2) is 0 Å². The van der Waals surface area contributed by atoms with Gasteiger partial charge >= 0.3 is 0 Å². The predicted octanol–water partition coefficient (Wildman–Crippen LogP) is 3.92. The molecule has 0 radical (unpaired) electrons. The van der Waals surface area contributed by atoms with E-state index in [0.29, 0.717) is 17.9 Å². The van der Waals surface area contributed by atoms with E-state index >= 15 is 0 Å². The summed E-state index contributed by atoms with van der Waals surface area (Å²) < 4.78 is 5.19. The maximum atomic E-state index is 12.5. The number of hydrogen-bond donors (Lipinski definition) is 1. The standard InChI is InChI=1S/C20H23ClN2O2/c1-25-16-8-6-7-15(13-16)20(24)22-14-19(23-11-4-5-12-23)17-9-2-3-10-18(17)21/h2-3,6-10,13,19H,4-5,11-12,14H2,1H3,(H,22,24)/t19-/m1/s1. The van der Waals surface area contributed by atoms with Crippen LogP contribution in [0.4, 0.5) is 0 Å². The molecule has 1 saturated heterocycles. The molecule has 1 aliphatic rings. The monoisotopic (exact) mass is 358 g/mol. The van der Waals surface area contributed by atoms with E-state index < -0.39 is 0 Å². The zero-order valence-electron chi connectivity index (χ0n) is 14.4. The fourth-order valence-electron chi connectivity index (χ4n) is 3.29. The molecule has 0 aliphatic carbocycles. The van der Waals surface area contributed by atoms with Crippen LogP contribution in [0.15, 0.2) is 48.5 Å². The molecule has 4 nitrogen and oxygen atoms in total. The summed E-state index contributed by atoms with van der Waals surface area (Å²) in [5, 5.41) is 3.80. The molecule has 0 unspecified atom stereocenters. The highest BCUT2D eigenvalue weighted by molar-refractivity contribution is 6.31. The molecule has 1 fully saturated rings. The zero-order chi connectivity index (χ0) is 17.6. The number of amides is 1. The van der Waals surface area contributed by atoms with Gasteiger partial charge in [-0.3, -0.25) is 9.69 Å². The second-order valence-electron chi connectivity index (χ2n) is 6.22. The highest BCUT2D eigenvalue weighted by Crippen LogP contribution is 2.29. The van der Waals surface area contributed by atoms with Gasteiger partial charge in [0.05, 0.1) is 13.2 Å². The van der Waals surface area contributed by atoms with Gasteiger partial charge < -0.3 is 10.1 Å². The molecule has 1 N–H and O–H groups in total. The topological polar surface area (TPSA) is 41.6 Å². The second-order valence-corrected chi connectivity index (χ2v) is 6.63. The third-order valence-electron chi connectivity index (χ3n) is 4.63. The summed E-state index contributed by atoms with van der Waals surface area (Å²) in [6.45, 7) is 2.59. The van der Waals surface area contributed by atoms with Gasteiger partial charge in [-0.15, -0.1) is 0 Å². The number of ether oxygens (including phenoxy) is 1. The van der Waals surface area contributed by atoms with Gasteiger partial charge in [0.15, 0.2) is 0 Å². The van der Waals surface area contributed by atoms with Crippen molar-refractivity contribution in [1.29, 1.82) is 0 Å². The average Bonchev–Trinajstić information content (AvgIpc) is 3.17. The summed E-state index contributed by atoms with van der Waals surface area (Å²) in [4.78, 5) is 14.9. The summed E-state index contributed by atoms with van der Waals surface area (Å²) in [5.41, 5.74) is 1.66. The molecule has 1 heterocycles. The van der Waals surface area contributed by atoms with Crippen LogP contribution in [0.2, 0.25) is 5.02 Å². The molecule has 0 bridgehead atoms. The number of carbonyl (C=O) groups is 1. The minimum absolute atomic E-state index is 0.0887. The lowest BCUT2D eigenvalue weighted by Gasteiger charge is -2.29.